The minimum absolute atomic E-state index is 0.466. The molecule has 0 amide bonds. The zero-order valence-corrected chi connectivity index (χ0v) is 15.0. The Morgan fingerprint density at radius 2 is 1.08 bits per heavy atom. The van der Waals surface area contributed by atoms with E-state index in [-0.39, 0.29) is 0 Å². The fraction of sp³-hybridized carbons (Fsp3) is 0.647. The second-order valence-electron chi connectivity index (χ2n) is 4.96. The van der Waals surface area contributed by atoms with Gasteiger partial charge in [0.15, 0.2) is 11.5 Å². The lowest BCUT2D eigenvalue weighted by Crippen LogP contribution is -2.16. The SMILES string of the molecule is CSc1ccc2c(c1)OCCOCCOCCOCCOCCO2. The lowest BCUT2D eigenvalue weighted by molar-refractivity contribution is -0.00842. The molecule has 1 aliphatic heterocycles. The lowest BCUT2D eigenvalue weighted by Gasteiger charge is -2.14. The maximum absolute atomic E-state index is 5.81. The van der Waals surface area contributed by atoms with Gasteiger partial charge in [-0.05, 0) is 24.5 Å². The van der Waals surface area contributed by atoms with Crippen LogP contribution in [0.3, 0.4) is 0 Å². The maximum atomic E-state index is 5.81. The van der Waals surface area contributed by atoms with Crippen molar-refractivity contribution in [2.45, 2.75) is 4.90 Å². The van der Waals surface area contributed by atoms with Crippen LogP contribution in [0.5, 0.6) is 11.5 Å². The van der Waals surface area contributed by atoms with Gasteiger partial charge in [0.25, 0.3) is 0 Å². The molecule has 0 atom stereocenters. The standard InChI is InChI=1S/C17H26O6S/c1-24-15-2-3-16-17(14-15)23-13-11-21-9-7-19-5-4-18-6-8-20-10-12-22-16/h2-3,14H,4-13H2,1H3. The number of hydrogen-bond acceptors (Lipinski definition) is 7. The van der Waals surface area contributed by atoms with Crippen LogP contribution in [0.4, 0.5) is 0 Å². The Kier molecular flexibility index (Phi) is 9.98. The van der Waals surface area contributed by atoms with E-state index in [1.165, 1.54) is 0 Å². The summed E-state index contributed by atoms with van der Waals surface area (Å²) in [4.78, 5) is 1.13. The highest BCUT2D eigenvalue weighted by Crippen LogP contribution is 2.31. The molecule has 0 unspecified atom stereocenters. The van der Waals surface area contributed by atoms with E-state index < -0.39 is 0 Å². The van der Waals surface area contributed by atoms with E-state index >= 15 is 0 Å². The predicted octanol–water partition coefficient (Wildman–Crippen LogP) is 2.25. The van der Waals surface area contributed by atoms with Gasteiger partial charge in [0.1, 0.15) is 13.2 Å². The van der Waals surface area contributed by atoms with Crippen LogP contribution >= 0.6 is 11.8 Å². The first-order valence-corrected chi connectivity index (χ1v) is 9.37. The highest BCUT2D eigenvalue weighted by molar-refractivity contribution is 7.98. The van der Waals surface area contributed by atoms with Crippen molar-refractivity contribution in [3.63, 3.8) is 0 Å². The van der Waals surface area contributed by atoms with Gasteiger partial charge in [-0.15, -0.1) is 11.8 Å². The molecule has 0 fully saturated rings. The molecular formula is C17H26O6S. The third-order valence-corrected chi connectivity index (χ3v) is 3.96. The quantitative estimate of drug-likeness (QED) is 0.714. The van der Waals surface area contributed by atoms with Gasteiger partial charge in [0.2, 0.25) is 0 Å². The molecule has 1 aromatic carbocycles. The van der Waals surface area contributed by atoms with E-state index in [1.54, 1.807) is 11.8 Å². The molecule has 7 heteroatoms. The Morgan fingerprint density at radius 3 is 1.58 bits per heavy atom. The second-order valence-corrected chi connectivity index (χ2v) is 5.84. The molecule has 0 N–H and O–H groups in total. The Morgan fingerprint density at radius 1 is 0.625 bits per heavy atom. The fourth-order valence-electron chi connectivity index (χ4n) is 2.03. The number of fused-ring (bicyclic) bond motifs is 1. The van der Waals surface area contributed by atoms with Gasteiger partial charge in [-0.3, -0.25) is 0 Å². The first kappa shape index (κ1) is 19.3. The normalized spacial score (nSPS) is 19.2. The number of thioether (sulfide) groups is 1. The summed E-state index contributed by atoms with van der Waals surface area (Å²) in [5.41, 5.74) is 0. The van der Waals surface area contributed by atoms with Gasteiger partial charge >= 0.3 is 0 Å². The summed E-state index contributed by atoms with van der Waals surface area (Å²) in [6.45, 7) is 5.26. The van der Waals surface area contributed by atoms with Crippen molar-refractivity contribution in [1.29, 1.82) is 0 Å². The van der Waals surface area contributed by atoms with Crippen LogP contribution in [0.15, 0.2) is 23.1 Å². The molecule has 6 nitrogen and oxygen atoms in total. The van der Waals surface area contributed by atoms with Gasteiger partial charge in [-0.25, -0.2) is 0 Å². The van der Waals surface area contributed by atoms with E-state index in [4.69, 9.17) is 28.4 Å². The Labute approximate surface area is 147 Å². The molecular weight excluding hydrogens is 332 g/mol. The smallest absolute Gasteiger partial charge is 0.162 e. The third kappa shape index (κ3) is 7.72. The van der Waals surface area contributed by atoms with Crippen LogP contribution in [0.2, 0.25) is 0 Å². The average Bonchev–Trinajstić information content (AvgIpc) is 2.61. The molecule has 0 saturated carbocycles. The fourth-order valence-corrected chi connectivity index (χ4v) is 2.46. The first-order valence-electron chi connectivity index (χ1n) is 8.15. The summed E-state index contributed by atoms with van der Waals surface area (Å²) in [6.07, 6.45) is 2.03. The van der Waals surface area contributed by atoms with Crippen molar-refractivity contribution < 1.29 is 28.4 Å². The largest absolute Gasteiger partial charge is 0.487 e. The van der Waals surface area contributed by atoms with Crippen molar-refractivity contribution in [3.8, 4) is 11.5 Å². The Hall–Kier alpha value is -0.990. The molecule has 0 saturated heterocycles. The first-order chi connectivity index (χ1) is 11.9. The van der Waals surface area contributed by atoms with Crippen LogP contribution in [0, 0.1) is 0 Å². The molecule has 1 heterocycles. The molecule has 0 radical (unpaired) electrons. The second kappa shape index (κ2) is 12.4. The van der Waals surface area contributed by atoms with E-state index in [9.17, 15) is 0 Å². The number of ether oxygens (including phenoxy) is 6. The minimum atomic E-state index is 0.466. The van der Waals surface area contributed by atoms with Crippen LogP contribution in [-0.2, 0) is 18.9 Å². The van der Waals surface area contributed by atoms with Crippen molar-refractivity contribution in [2.24, 2.45) is 0 Å². The summed E-state index contributed by atoms with van der Waals surface area (Å²) >= 11 is 1.66. The number of rotatable bonds is 1. The van der Waals surface area contributed by atoms with Gasteiger partial charge in [0, 0.05) is 4.90 Å². The van der Waals surface area contributed by atoms with Crippen molar-refractivity contribution in [3.05, 3.63) is 18.2 Å². The molecule has 1 aromatic rings. The topological polar surface area (TPSA) is 55.4 Å². The lowest BCUT2D eigenvalue weighted by atomic mass is 10.3. The highest BCUT2D eigenvalue weighted by Gasteiger charge is 2.07. The summed E-state index contributed by atoms with van der Waals surface area (Å²) in [5.74, 6) is 1.45. The molecule has 1 aliphatic rings. The van der Waals surface area contributed by atoms with Gasteiger partial charge in [-0.2, -0.15) is 0 Å². The third-order valence-electron chi connectivity index (χ3n) is 3.24. The molecule has 0 bridgehead atoms. The molecule has 2 rings (SSSR count). The molecule has 136 valence electrons. The van der Waals surface area contributed by atoms with Crippen molar-refractivity contribution >= 4 is 11.8 Å². The van der Waals surface area contributed by atoms with E-state index in [0.29, 0.717) is 66.1 Å². The van der Waals surface area contributed by atoms with Crippen LogP contribution < -0.4 is 9.47 Å². The molecule has 24 heavy (non-hydrogen) atoms. The summed E-state index contributed by atoms with van der Waals surface area (Å²) in [5, 5.41) is 0. The average molecular weight is 358 g/mol. The molecule has 0 spiro atoms. The van der Waals surface area contributed by atoms with Gasteiger partial charge < -0.3 is 28.4 Å². The molecule has 0 aromatic heterocycles. The Balaban J connectivity index is 1.88. The van der Waals surface area contributed by atoms with Crippen LogP contribution in [-0.4, -0.2) is 72.3 Å². The Bertz CT molecular complexity index is 457. The zero-order valence-electron chi connectivity index (χ0n) is 14.2. The van der Waals surface area contributed by atoms with E-state index in [1.807, 2.05) is 24.5 Å². The van der Waals surface area contributed by atoms with Crippen molar-refractivity contribution in [1.82, 2.24) is 0 Å². The van der Waals surface area contributed by atoms with E-state index in [0.717, 1.165) is 16.4 Å². The van der Waals surface area contributed by atoms with E-state index in [2.05, 4.69) is 0 Å². The monoisotopic (exact) mass is 358 g/mol. The number of benzene rings is 1. The highest BCUT2D eigenvalue weighted by atomic mass is 32.2. The van der Waals surface area contributed by atoms with Crippen LogP contribution in [0.1, 0.15) is 0 Å². The van der Waals surface area contributed by atoms with Gasteiger partial charge in [0.05, 0.1) is 52.9 Å². The van der Waals surface area contributed by atoms with Gasteiger partial charge in [-0.1, -0.05) is 0 Å². The summed E-state index contributed by atoms with van der Waals surface area (Å²) in [7, 11) is 0. The maximum Gasteiger partial charge on any atom is 0.162 e. The summed E-state index contributed by atoms with van der Waals surface area (Å²) in [6, 6.07) is 5.93. The molecule has 0 aliphatic carbocycles. The zero-order chi connectivity index (χ0) is 16.9. The minimum Gasteiger partial charge on any atom is -0.487 e. The predicted molar refractivity (Wildman–Crippen MR) is 92.5 cm³/mol. The van der Waals surface area contributed by atoms with Crippen molar-refractivity contribution in [2.75, 3.05) is 72.3 Å². The number of hydrogen-bond donors (Lipinski definition) is 0. The van der Waals surface area contributed by atoms with Crippen LogP contribution in [0.25, 0.3) is 0 Å². The summed E-state index contributed by atoms with van der Waals surface area (Å²) < 4.78 is 33.4.